The van der Waals surface area contributed by atoms with Crippen molar-refractivity contribution in [1.82, 2.24) is 14.7 Å². The predicted octanol–water partition coefficient (Wildman–Crippen LogP) is 3.33. The van der Waals surface area contributed by atoms with E-state index in [1.165, 1.54) is 11.6 Å². The Morgan fingerprint density at radius 1 is 1.13 bits per heavy atom. The predicted molar refractivity (Wildman–Crippen MR) is 115 cm³/mol. The number of aromatic nitrogens is 2. The maximum Gasteiger partial charge on any atom is 0.330 e. The molecule has 6 heteroatoms. The zero-order chi connectivity index (χ0) is 20.6. The molecule has 0 saturated carbocycles. The lowest BCUT2D eigenvalue weighted by Crippen LogP contribution is -2.44. The number of ether oxygens (including phenoxy) is 2. The zero-order valence-corrected chi connectivity index (χ0v) is 16.8. The summed E-state index contributed by atoms with van der Waals surface area (Å²) in [7, 11) is 0. The van der Waals surface area contributed by atoms with Crippen LogP contribution >= 0.6 is 0 Å². The van der Waals surface area contributed by atoms with Crippen molar-refractivity contribution in [2.75, 3.05) is 26.3 Å². The number of para-hydroxylation sites is 1. The Hall–Kier alpha value is -3.22. The Morgan fingerprint density at radius 3 is 2.70 bits per heavy atom. The highest BCUT2D eigenvalue weighted by Crippen LogP contribution is 2.12. The molecule has 1 aromatic heterocycles. The molecule has 1 unspecified atom stereocenters. The summed E-state index contributed by atoms with van der Waals surface area (Å²) in [4.78, 5) is 14.4. The monoisotopic (exact) mass is 403 g/mol. The molecule has 1 saturated heterocycles. The lowest BCUT2D eigenvalue weighted by atomic mass is 10.2. The molecule has 0 spiro atoms. The molecule has 2 aromatic carbocycles. The molecule has 1 atom stereocenters. The van der Waals surface area contributed by atoms with Gasteiger partial charge in [-0.15, -0.1) is 0 Å². The minimum Gasteiger partial charge on any atom is -0.460 e. The van der Waals surface area contributed by atoms with Gasteiger partial charge < -0.3 is 9.47 Å². The second-order valence-corrected chi connectivity index (χ2v) is 7.23. The van der Waals surface area contributed by atoms with Crippen LogP contribution in [-0.2, 0) is 20.8 Å². The summed E-state index contributed by atoms with van der Waals surface area (Å²) in [5, 5.41) is 4.31. The Morgan fingerprint density at radius 2 is 1.90 bits per heavy atom. The number of carbonyl (C=O) groups is 1. The number of morpholine rings is 1. The minimum atomic E-state index is -0.383. The molecule has 1 aliphatic heterocycles. The lowest BCUT2D eigenvalue weighted by Gasteiger charge is -2.32. The first-order valence-electron chi connectivity index (χ1n) is 10.1. The standard InChI is InChI=1S/C24H25N3O3/c28-24(12-11-21-15-25-27(17-21)22-9-5-2-6-10-22)30-19-23-18-26(13-14-29-23)16-20-7-3-1-4-8-20/h1-12,15,17,23H,13-14,16,18-19H2/b12-11+. The van der Waals surface area contributed by atoms with Gasteiger partial charge in [0.2, 0.25) is 0 Å². The second kappa shape index (κ2) is 10.0. The number of carbonyl (C=O) groups excluding carboxylic acids is 1. The van der Waals surface area contributed by atoms with E-state index >= 15 is 0 Å². The maximum absolute atomic E-state index is 12.1. The van der Waals surface area contributed by atoms with Gasteiger partial charge in [0.1, 0.15) is 12.7 Å². The van der Waals surface area contributed by atoms with Gasteiger partial charge in [0.15, 0.2) is 0 Å². The molecule has 0 N–H and O–H groups in total. The third-order valence-corrected chi connectivity index (χ3v) is 4.92. The highest BCUT2D eigenvalue weighted by atomic mass is 16.6. The summed E-state index contributed by atoms with van der Waals surface area (Å²) in [6.45, 7) is 3.39. The molecule has 0 aliphatic carbocycles. The van der Waals surface area contributed by atoms with Crippen molar-refractivity contribution < 1.29 is 14.3 Å². The van der Waals surface area contributed by atoms with E-state index < -0.39 is 0 Å². The number of benzene rings is 2. The smallest absolute Gasteiger partial charge is 0.330 e. The number of rotatable bonds is 7. The van der Waals surface area contributed by atoms with Crippen molar-refractivity contribution in [2.45, 2.75) is 12.6 Å². The quantitative estimate of drug-likeness (QED) is 0.447. The summed E-state index contributed by atoms with van der Waals surface area (Å²) in [6, 6.07) is 20.2. The van der Waals surface area contributed by atoms with Crippen LogP contribution in [0.5, 0.6) is 0 Å². The van der Waals surface area contributed by atoms with Crippen LogP contribution in [0, 0.1) is 0 Å². The molecule has 1 aliphatic rings. The zero-order valence-electron chi connectivity index (χ0n) is 16.8. The normalized spacial score (nSPS) is 17.3. The first-order valence-corrected chi connectivity index (χ1v) is 10.1. The van der Waals surface area contributed by atoms with Crippen molar-refractivity contribution in [2.24, 2.45) is 0 Å². The number of nitrogens with zero attached hydrogens (tertiary/aromatic N) is 3. The van der Waals surface area contributed by atoms with Crippen LogP contribution in [0.15, 0.2) is 79.1 Å². The Labute approximate surface area is 176 Å². The van der Waals surface area contributed by atoms with E-state index in [9.17, 15) is 4.79 Å². The van der Waals surface area contributed by atoms with Crippen LogP contribution in [0.1, 0.15) is 11.1 Å². The number of esters is 1. The summed E-state index contributed by atoms with van der Waals surface area (Å²) in [5.41, 5.74) is 3.07. The molecule has 30 heavy (non-hydrogen) atoms. The van der Waals surface area contributed by atoms with E-state index in [4.69, 9.17) is 9.47 Å². The van der Waals surface area contributed by atoms with Crippen LogP contribution in [0.4, 0.5) is 0 Å². The van der Waals surface area contributed by atoms with E-state index in [0.29, 0.717) is 6.61 Å². The molecule has 154 valence electrons. The molecule has 3 aromatic rings. The van der Waals surface area contributed by atoms with Crippen LogP contribution in [0.2, 0.25) is 0 Å². The third-order valence-electron chi connectivity index (χ3n) is 4.92. The summed E-state index contributed by atoms with van der Waals surface area (Å²) < 4.78 is 12.9. The van der Waals surface area contributed by atoms with Crippen molar-refractivity contribution in [1.29, 1.82) is 0 Å². The number of hydrogen-bond acceptors (Lipinski definition) is 5. The highest BCUT2D eigenvalue weighted by molar-refractivity contribution is 5.86. The van der Waals surface area contributed by atoms with Crippen molar-refractivity contribution >= 4 is 12.0 Å². The van der Waals surface area contributed by atoms with Gasteiger partial charge in [-0.2, -0.15) is 5.10 Å². The third kappa shape index (κ3) is 5.65. The fourth-order valence-corrected chi connectivity index (χ4v) is 3.40. The van der Waals surface area contributed by atoms with Gasteiger partial charge in [0.05, 0.1) is 18.5 Å². The van der Waals surface area contributed by atoms with Gasteiger partial charge in [0.25, 0.3) is 0 Å². The van der Waals surface area contributed by atoms with Crippen molar-refractivity contribution in [3.05, 3.63) is 90.3 Å². The van der Waals surface area contributed by atoms with Gasteiger partial charge in [-0.1, -0.05) is 48.5 Å². The molecule has 1 fully saturated rings. The van der Waals surface area contributed by atoms with E-state index in [2.05, 4.69) is 22.1 Å². The average Bonchev–Trinajstić information content (AvgIpc) is 3.27. The average molecular weight is 403 g/mol. The molecule has 0 bridgehead atoms. The maximum atomic E-state index is 12.1. The van der Waals surface area contributed by atoms with Crippen molar-refractivity contribution in [3.63, 3.8) is 0 Å². The summed E-state index contributed by atoms with van der Waals surface area (Å²) >= 11 is 0. The summed E-state index contributed by atoms with van der Waals surface area (Å²) in [5.74, 6) is -0.383. The number of hydrogen-bond donors (Lipinski definition) is 0. The highest BCUT2D eigenvalue weighted by Gasteiger charge is 2.21. The SMILES string of the molecule is O=C(/C=C/c1cnn(-c2ccccc2)c1)OCC1CN(Cc2ccccc2)CCO1. The van der Waals surface area contributed by atoms with Gasteiger partial charge in [-0.3, -0.25) is 4.90 Å². The lowest BCUT2D eigenvalue weighted by molar-refractivity contribution is -0.144. The van der Waals surface area contributed by atoms with Crippen LogP contribution in [0.3, 0.4) is 0 Å². The first-order chi connectivity index (χ1) is 14.8. The molecule has 6 nitrogen and oxygen atoms in total. The first kappa shape index (κ1) is 20.1. The Kier molecular flexibility index (Phi) is 6.69. The minimum absolute atomic E-state index is 0.111. The van der Waals surface area contributed by atoms with Crippen LogP contribution in [0.25, 0.3) is 11.8 Å². The van der Waals surface area contributed by atoms with Crippen molar-refractivity contribution in [3.8, 4) is 5.69 Å². The van der Waals surface area contributed by atoms with E-state index in [1.54, 1.807) is 17.0 Å². The van der Waals surface area contributed by atoms with Crippen LogP contribution < -0.4 is 0 Å². The second-order valence-electron chi connectivity index (χ2n) is 7.23. The van der Waals surface area contributed by atoms with Crippen LogP contribution in [-0.4, -0.2) is 53.1 Å². The van der Waals surface area contributed by atoms with Gasteiger partial charge in [-0.25, -0.2) is 9.48 Å². The molecule has 4 rings (SSSR count). The van der Waals surface area contributed by atoms with E-state index in [-0.39, 0.29) is 18.7 Å². The summed E-state index contributed by atoms with van der Waals surface area (Å²) in [6.07, 6.45) is 6.60. The molecule has 2 heterocycles. The van der Waals surface area contributed by atoms with E-state index in [1.807, 2.05) is 54.7 Å². The van der Waals surface area contributed by atoms with Gasteiger partial charge >= 0.3 is 5.97 Å². The van der Waals surface area contributed by atoms with Gasteiger partial charge in [0, 0.05) is 37.5 Å². The largest absolute Gasteiger partial charge is 0.460 e. The molecule has 0 amide bonds. The Balaban J connectivity index is 1.24. The molecular formula is C24H25N3O3. The fourth-order valence-electron chi connectivity index (χ4n) is 3.40. The molecule has 0 radical (unpaired) electrons. The topological polar surface area (TPSA) is 56.6 Å². The van der Waals surface area contributed by atoms with E-state index in [0.717, 1.165) is 30.9 Å². The fraction of sp³-hybridized carbons (Fsp3) is 0.250. The van der Waals surface area contributed by atoms with Gasteiger partial charge in [-0.05, 0) is 23.8 Å². The Bertz CT molecular complexity index is 970. The molecular weight excluding hydrogens is 378 g/mol.